The lowest BCUT2D eigenvalue weighted by atomic mass is 10.2. The van der Waals surface area contributed by atoms with E-state index in [0.29, 0.717) is 6.54 Å². The van der Waals surface area contributed by atoms with Crippen molar-refractivity contribution in [3.63, 3.8) is 0 Å². The summed E-state index contributed by atoms with van der Waals surface area (Å²) < 4.78 is 0. The molecule has 3 heterocycles. The molecule has 8 nitrogen and oxygen atoms in total. The molecule has 2 N–H and O–H groups in total. The molecule has 1 amide bonds. The van der Waals surface area contributed by atoms with Crippen LogP contribution < -0.4 is 5.32 Å². The largest absolute Gasteiger partial charge is 0.357 e. The number of guanidine groups is 1. The van der Waals surface area contributed by atoms with Crippen molar-refractivity contribution in [3.05, 3.63) is 42.4 Å². The van der Waals surface area contributed by atoms with Gasteiger partial charge >= 0.3 is 0 Å². The molecule has 4 rings (SSSR count). The second-order valence-corrected chi connectivity index (χ2v) is 8.51. The average molecular weight is 566 g/mol. The second-order valence-electron chi connectivity index (χ2n) is 8.51. The van der Waals surface area contributed by atoms with Gasteiger partial charge in [-0.25, -0.2) is 9.98 Å². The van der Waals surface area contributed by atoms with Crippen LogP contribution in [0.5, 0.6) is 0 Å². The fourth-order valence-electron chi connectivity index (χ4n) is 4.46. The first kappa shape index (κ1) is 25.5. The first-order valence-electron chi connectivity index (χ1n) is 11.8. The third-order valence-corrected chi connectivity index (χ3v) is 6.36. The molecule has 2 aromatic rings. The van der Waals surface area contributed by atoms with E-state index in [1.807, 2.05) is 29.3 Å². The molecule has 0 saturated carbocycles. The Balaban J connectivity index is 0.00000306. The van der Waals surface area contributed by atoms with Crippen molar-refractivity contribution < 1.29 is 4.79 Å². The van der Waals surface area contributed by atoms with Crippen molar-refractivity contribution in [3.8, 4) is 11.3 Å². The highest BCUT2D eigenvalue weighted by atomic mass is 127. The van der Waals surface area contributed by atoms with Gasteiger partial charge in [0.2, 0.25) is 5.91 Å². The molecule has 1 atom stereocenters. The number of piperazine rings is 1. The summed E-state index contributed by atoms with van der Waals surface area (Å²) in [7, 11) is 0. The summed E-state index contributed by atoms with van der Waals surface area (Å²) in [4.78, 5) is 32.1. The SMILES string of the molecule is CCNC(=NCc1ncc(-c2ccccc2)[nH]1)N1CCN(C(C)C(=O)N2CCCC2)CC1.I. The van der Waals surface area contributed by atoms with Crippen LogP contribution in [0.25, 0.3) is 11.3 Å². The number of aromatic nitrogens is 2. The predicted octanol–water partition coefficient (Wildman–Crippen LogP) is 2.79. The Hall–Kier alpha value is -2.14. The Morgan fingerprint density at radius 2 is 1.79 bits per heavy atom. The van der Waals surface area contributed by atoms with E-state index in [2.05, 4.69) is 51.1 Å². The van der Waals surface area contributed by atoms with E-state index in [0.717, 1.165) is 81.7 Å². The van der Waals surface area contributed by atoms with E-state index in [-0.39, 0.29) is 35.9 Å². The van der Waals surface area contributed by atoms with Crippen LogP contribution in [-0.2, 0) is 11.3 Å². The van der Waals surface area contributed by atoms with Gasteiger partial charge in [0, 0.05) is 45.8 Å². The molecule has 9 heteroatoms. The van der Waals surface area contributed by atoms with Gasteiger partial charge in [-0.05, 0) is 32.3 Å². The molecule has 1 unspecified atom stereocenters. The number of likely N-dealkylation sites (tertiary alicyclic amines) is 1. The third kappa shape index (κ3) is 6.47. The number of benzene rings is 1. The average Bonchev–Trinajstić information content (AvgIpc) is 3.54. The molecule has 1 aromatic carbocycles. The lowest BCUT2D eigenvalue weighted by Crippen LogP contribution is -2.57. The molecule has 0 aliphatic carbocycles. The van der Waals surface area contributed by atoms with Gasteiger partial charge in [0.05, 0.1) is 17.9 Å². The summed E-state index contributed by atoms with van der Waals surface area (Å²) >= 11 is 0. The van der Waals surface area contributed by atoms with Crippen molar-refractivity contribution in [1.29, 1.82) is 0 Å². The lowest BCUT2D eigenvalue weighted by Gasteiger charge is -2.39. The molecule has 1 aromatic heterocycles. The zero-order valence-electron chi connectivity index (χ0n) is 19.7. The van der Waals surface area contributed by atoms with Gasteiger partial charge in [-0.2, -0.15) is 0 Å². The number of carbonyl (C=O) groups is 1. The quantitative estimate of drug-likeness (QED) is 0.320. The Morgan fingerprint density at radius 3 is 2.45 bits per heavy atom. The summed E-state index contributed by atoms with van der Waals surface area (Å²) in [5.74, 6) is 2.04. The van der Waals surface area contributed by atoms with Gasteiger partial charge < -0.3 is 20.1 Å². The number of aliphatic imine (C=N–C) groups is 1. The summed E-state index contributed by atoms with van der Waals surface area (Å²) in [6.45, 7) is 10.7. The van der Waals surface area contributed by atoms with Crippen LogP contribution in [-0.4, -0.2) is 88.4 Å². The number of hydrogen-bond acceptors (Lipinski definition) is 4. The number of amides is 1. The Morgan fingerprint density at radius 1 is 1.09 bits per heavy atom. The summed E-state index contributed by atoms with van der Waals surface area (Å²) in [5.41, 5.74) is 2.13. The van der Waals surface area contributed by atoms with Crippen molar-refractivity contribution in [1.82, 2.24) is 30.0 Å². The van der Waals surface area contributed by atoms with Gasteiger partial charge in [-0.3, -0.25) is 9.69 Å². The maximum atomic E-state index is 12.8. The van der Waals surface area contributed by atoms with Gasteiger partial charge in [-0.1, -0.05) is 30.3 Å². The minimum Gasteiger partial charge on any atom is -0.357 e. The maximum absolute atomic E-state index is 12.8. The van der Waals surface area contributed by atoms with Crippen LogP contribution in [0.4, 0.5) is 0 Å². The Bertz CT molecular complexity index is 903. The lowest BCUT2D eigenvalue weighted by molar-refractivity contribution is -0.135. The fraction of sp³-hybridized carbons (Fsp3) is 0.542. The number of H-pyrrole nitrogens is 1. The highest BCUT2D eigenvalue weighted by Gasteiger charge is 2.30. The van der Waals surface area contributed by atoms with E-state index in [9.17, 15) is 4.79 Å². The van der Waals surface area contributed by atoms with E-state index < -0.39 is 0 Å². The molecule has 33 heavy (non-hydrogen) atoms. The zero-order valence-corrected chi connectivity index (χ0v) is 22.0. The smallest absolute Gasteiger partial charge is 0.239 e. The molecular weight excluding hydrogens is 529 g/mol. The van der Waals surface area contributed by atoms with E-state index in [1.165, 1.54) is 0 Å². The van der Waals surface area contributed by atoms with Crippen molar-refractivity contribution in [2.24, 2.45) is 4.99 Å². The Kier molecular flexibility index (Phi) is 9.54. The zero-order chi connectivity index (χ0) is 22.3. The molecule has 2 saturated heterocycles. The van der Waals surface area contributed by atoms with Crippen LogP contribution in [0.3, 0.4) is 0 Å². The predicted molar refractivity (Wildman–Crippen MR) is 143 cm³/mol. The third-order valence-electron chi connectivity index (χ3n) is 6.36. The summed E-state index contributed by atoms with van der Waals surface area (Å²) in [5, 5.41) is 3.41. The van der Waals surface area contributed by atoms with Gasteiger partial charge in [-0.15, -0.1) is 24.0 Å². The highest BCUT2D eigenvalue weighted by Crippen LogP contribution is 2.17. The van der Waals surface area contributed by atoms with Crippen LogP contribution >= 0.6 is 24.0 Å². The molecule has 2 aliphatic heterocycles. The van der Waals surface area contributed by atoms with E-state index >= 15 is 0 Å². The van der Waals surface area contributed by atoms with Gasteiger partial charge in [0.1, 0.15) is 12.4 Å². The normalized spacial score (nSPS) is 18.2. The summed E-state index contributed by atoms with van der Waals surface area (Å²) in [6, 6.07) is 10.2. The molecule has 2 aliphatic rings. The number of hydrogen-bond donors (Lipinski definition) is 2. The first-order valence-corrected chi connectivity index (χ1v) is 11.8. The first-order chi connectivity index (χ1) is 15.7. The van der Waals surface area contributed by atoms with E-state index in [4.69, 9.17) is 4.99 Å². The minimum absolute atomic E-state index is 0. The molecule has 2 fully saturated rings. The van der Waals surface area contributed by atoms with Crippen molar-refractivity contribution >= 4 is 35.8 Å². The number of nitrogens with one attached hydrogen (secondary N) is 2. The number of nitrogens with zero attached hydrogens (tertiary/aromatic N) is 5. The topological polar surface area (TPSA) is 79.9 Å². The molecule has 180 valence electrons. The second kappa shape index (κ2) is 12.4. The number of aromatic amines is 1. The Labute approximate surface area is 213 Å². The number of halogens is 1. The van der Waals surface area contributed by atoms with Gasteiger partial charge in [0.15, 0.2) is 5.96 Å². The van der Waals surface area contributed by atoms with Gasteiger partial charge in [0.25, 0.3) is 0 Å². The minimum atomic E-state index is -0.0469. The van der Waals surface area contributed by atoms with Crippen LogP contribution in [0, 0.1) is 0 Å². The summed E-state index contributed by atoms with van der Waals surface area (Å²) in [6.07, 6.45) is 4.14. The van der Waals surface area contributed by atoms with Crippen molar-refractivity contribution in [2.45, 2.75) is 39.3 Å². The van der Waals surface area contributed by atoms with Crippen LogP contribution in [0.15, 0.2) is 41.5 Å². The van der Waals surface area contributed by atoms with Crippen LogP contribution in [0.1, 0.15) is 32.5 Å². The monoisotopic (exact) mass is 565 g/mol. The van der Waals surface area contributed by atoms with Crippen molar-refractivity contribution in [2.75, 3.05) is 45.8 Å². The standard InChI is InChI=1S/C24H35N7O.HI/c1-3-25-24(27-18-22-26-17-21(28-22)20-9-5-4-6-10-20)31-15-13-29(14-16-31)19(2)23(32)30-11-7-8-12-30;/h4-6,9-10,17,19H,3,7-8,11-16,18H2,1-2H3,(H,25,27)(H,26,28);1H. The fourth-order valence-corrected chi connectivity index (χ4v) is 4.46. The van der Waals surface area contributed by atoms with Crippen LogP contribution in [0.2, 0.25) is 0 Å². The van der Waals surface area contributed by atoms with E-state index in [1.54, 1.807) is 0 Å². The number of imidazole rings is 1. The maximum Gasteiger partial charge on any atom is 0.239 e. The molecular formula is C24H36IN7O. The number of rotatable bonds is 6. The number of carbonyl (C=O) groups excluding carboxylic acids is 1. The molecule has 0 spiro atoms. The molecule has 0 radical (unpaired) electrons. The molecule has 0 bridgehead atoms. The highest BCUT2D eigenvalue weighted by molar-refractivity contribution is 14.0.